The zero-order valence-corrected chi connectivity index (χ0v) is 8.26. The predicted octanol–water partition coefficient (Wildman–Crippen LogP) is -1.03. The molecule has 13 heavy (non-hydrogen) atoms. The molecule has 0 bridgehead atoms. The van der Waals surface area contributed by atoms with Gasteiger partial charge in [-0.3, -0.25) is 9.59 Å². The van der Waals surface area contributed by atoms with E-state index in [4.69, 9.17) is 5.73 Å². The van der Waals surface area contributed by atoms with Gasteiger partial charge < -0.3 is 16.4 Å². The molecule has 0 aromatic rings. The number of carbonyl (C=O) groups is 2. The molecule has 1 unspecified atom stereocenters. The van der Waals surface area contributed by atoms with Crippen LogP contribution in [0.1, 0.15) is 20.3 Å². The van der Waals surface area contributed by atoms with Gasteiger partial charge in [0.05, 0.1) is 12.5 Å². The van der Waals surface area contributed by atoms with Crippen molar-refractivity contribution in [2.75, 3.05) is 7.05 Å². The highest BCUT2D eigenvalue weighted by atomic mass is 16.2. The fraction of sp³-hybridized carbons (Fsp3) is 0.750. The molecule has 0 saturated heterocycles. The van der Waals surface area contributed by atoms with Crippen molar-refractivity contribution in [3.63, 3.8) is 0 Å². The van der Waals surface area contributed by atoms with E-state index in [1.165, 1.54) is 7.05 Å². The van der Waals surface area contributed by atoms with E-state index in [-0.39, 0.29) is 24.3 Å². The van der Waals surface area contributed by atoms with Gasteiger partial charge in [0.2, 0.25) is 11.8 Å². The Morgan fingerprint density at radius 3 is 2.31 bits per heavy atom. The Kier molecular flexibility index (Phi) is 5.06. The summed E-state index contributed by atoms with van der Waals surface area (Å²) in [4.78, 5) is 22.0. The number of carbonyl (C=O) groups excluding carboxylic acids is 2. The Bertz CT molecular complexity index is 192. The molecule has 0 aromatic heterocycles. The maximum Gasteiger partial charge on any atom is 0.237 e. The molecule has 0 heterocycles. The quantitative estimate of drug-likeness (QED) is 0.526. The van der Waals surface area contributed by atoms with Crippen molar-refractivity contribution >= 4 is 11.8 Å². The topological polar surface area (TPSA) is 84.2 Å². The lowest BCUT2D eigenvalue weighted by atomic mass is 10.2. The average Bonchev–Trinajstić information content (AvgIpc) is 2.02. The van der Waals surface area contributed by atoms with Crippen LogP contribution in [0.3, 0.4) is 0 Å². The maximum absolute atomic E-state index is 11.2. The van der Waals surface area contributed by atoms with Gasteiger partial charge in [-0.05, 0) is 13.8 Å². The van der Waals surface area contributed by atoms with Crippen LogP contribution in [0.2, 0.25) is 0 Å². The van der Waals surface area contributed by atoms with Crippen LogP contribution in [0.25, 0.3) is 0 Å². The van der Waals surface area contributed by atoms with Crippen LogP contribution in [-0.4, -0.2) is 30.9 Å². The molecule has 76 valence electrons. The van der Waals surface area contributed by atoms with Crippen LogP contribution in [0.15, 0.2) is 0 Å². The lowest BCUT2D eigenvalue weighted by Gasteiger charge is -2.13. The van der Waals surface area contributed by atoms with Crippen LogP contribution in [0.5, 0.6) is 0 Å². The fourth-order valence-electron chi connectivity index (χ4n) is 0.786. The van der Waals surface area contributed by atoms with E-state index < -0.39 is 6.04 Å². The lowest BCUT2D eigenvalue weighted by molar-refractivity contribution is -0.127. The molecule has 0 fully saturated rings. The third-order valence-electron chi connectivity index (χ3n) is 1.45. The molecule has 0 aliphatic carbocycles. The highest BCUT2D eigenvalue weighted by molar-refractivity contribution is 5.88. The zero-order chi connectivity index (χ0) is 10.4. The molecule has 0 aliphatic rings. The van der Waals surface area contributed by atoms with E-state index >= 15 is 0 Å². The van der Waals surface area contributed by atoms with Gasteiger partial charge in [0.15, 0.2) is 0 Å². The van der Waals surface area contributed by atoms with Crippen LogP contribution in [0.4, 0.5) is 0 Å². The van der Waals surface area contributed by atoms with Crippen LogP contribution < -0.4 is 16.4 Å². The standard InChI is InChI=1S/C8H17N3O2/c1-5(2)11-8(13)6(9)4-7(12)10-3/h5-6H,4,9H2,1-3H3,(H,10,12)(H,11,13). The Morgan fingerprint density at radius 1 is 1.38 bits per heavy atom. The summed E-state index contributed by atoms with van der Waals surface area (Å²) >= 11 is 0. The summed E-state index contributed by atoms with van der Waals surface area (Å²) < 4.78 is 0. The third-order valence-corrected chi connectivity index (χ3v) is 1.45. The van der Waals surface area contributed by atoms with Gasteiger partial charge in [-0.1, -0.05) is 0 Å². The van der Waals surface area contributed by atoms with Crippen molar-refractivity contribution in [1.82, 2.24) is 10.6 Å². The minimum Gasteiger partial charge on any atom is -0.359 e. The summed E-state index contributed by atoms with van der Waals surface area (Å²) in [6.07, 6.45) is 0.0229. The normalized spacial score (nSPS) is 12.4. The first-order chi connectivity index (χ1) is 5.97. The molecule has 0 radical (unpaired) electrons. The minimum atomic E-state index is -0.762. The van der Waals surface area contributed by atoms with Gasteiger partial charge in [-0.2, -0.15) is 0 Å². The van der Waals surface area contributed by atoms with Gasteiger partial charge in [0, 0.05) is 13.1 Å². The summed E-state index contributed by atoms with van der Waals surface area (Å²) in [5.74, 6) is -0.523. The molecule has 5 heteroatoms. The molecule has 0 saturated carbocycles. The molecule has 1 atom stereocenters. The van der Waals surface area contributed by atoms with Gasteiger partial charge in [0.25, 0.3) is 0 Å². The SMILES string of the molecule is CNC(=O)CC(N)C(=O)NC(C)C. The first-order valence-electron chi connectivity index (χ1n) is 4.24. The molecule has 4 N–H and O–H groups in total. The summed E-state index contributed by atoms with van der Waals surface area (Å²) in [7, 11) is 1.51. The number of amides is 2. The van der Waals surface area contributed by atoms with Crippen molar-refractivity contribution in [3.05, 3.63) is 0 Å². The summed E-state index contributed by atoms with van der Waals surface area (Å²) in [6.45, 7) is 3.68. The molecule has 0 spiro atoms. The number of hydrogen-bond donors (Lipinski definition) is 3. The van der Waals surface area contributed by atoms with Gasteiger partial charge in [0.1, 0.15) is 0 Å². The van der Waals surface area contributed by atoms with Crippen molar-refractivity contribution in [2.24, 2.45) is 5.73 Å². The van der Waals surface area contributed by atoms with E-state index in [1.807, 2.05) is 13.8 Å². The fourth-order valence-corrected chi connectivity index (χ4v) is 0.786. The highest BCUT2D eigenvalue weighted by Gasteiger charge is 2.16. The second-order valence-corrected chi connectivity index (χ2v) is 3.15. The maximum atomic E-state index is 11.2. The molecule has 2 amide bonds. The van der Waals surface area contributed by atoms with Crippen molar-refractivity contribution in [1.29, 1.82) is 0 Å². The van der Waals surface area contributed by atoms with Crippen molar-refractivity contribution in [2.45, 2.75) is 32.4 Å². The Hall–Kier alpha value is -1.10. The predicted molar refractivity (Wildman–Crippen MR) is 49.9 cm³/mol. The van der Waals surface area contributed by atoms with Crippen LogP contribution in [0, 0.1) is 0 Å². The number of rotatable bonds is 4. The number of nitrogens with one attached hydrogen (secondary N) is 2. The Labute approximate surface area is 78.1 Å². The highest BCUT2D eigenvalue weighted by Crippen LogP contribution is 1.89. The van der Waals surface area contributed by atoms with E-state index in [0.717, 1.165) is 0 Å². The lowest BCUT2D eigenvalue weighted by Crippen LogP contribution is -2.45. The van der Waals surface area contributed by atoms with Crippen LogP contribution in [-0.2, 0) is 9.59 Å². The second-order valence-electron chi connectivity index (χ2n) is 3.15. The minimum absolute atomic E-state index is 0.0229. The Balaban J connectivity index is 3.89. The van der Waals surface area contributed by atoms with E-state index in [9.17, 15) is 9.59 Å². The molecular weight excluding hydrogens is 170 g/mol. The largest absolute Gasteiger partial charge is 0.359 e. The summed E-state index contributed by atoms with van der Waals surface area (Å²) in [5.41, 5.74) is 5.47. The molecule has 0 aromatic carbocycles. The van der Waals surface area contributed by atoms with Gasteiger partial charge in [-0.25, -0.2) is 0 Å². The second kappa shape index (κ2) is 5.53. The first-order valence-corrected chi connectivity index (χ1v) is 4.24. The van der Waals surface area contributed by atoms with E-state index in [2.05, 4.69) is 10.6 Å². The van der Waals surface area contributed by atoms with E-state index in [0.29, 0.717) is 0 Å². The van der Waals surface area contributed by atoms with Crippen molar-refractivity contribution < 1.29 is 9.59 Å². The van der Waals surface area contributed by atoms with Crippen LogP contribution >= 0.6 is 0 Å². The molecular formula is C8H17N3O2. The Morgan fingerprint density at radius 2 is 1.92 bits per heavy atom. The third kappa shape index (κ3) is 5.19. The number of hydrogen-bond acceptors (Lipinski definition) is 3. The summed E-state index contributed by atoms with van der Waals surface area (Å²) in [6, 6.07) is -0.717. The molecule has 0 rings (SSSR count). The monoisotopic (exact) mass is 187 g/mol. The van der Waals surface area contributed by atoms with Gasteiger partial charge in [-0.15, -0.1) is 0 Å². The molecule has 5 nitrogen and oxygen atoms in total. The van der Waals surface area contributed by atoms with E-state index in [1.54, 1.807) is 0 Å². The van der Waals surface area contributed by atoms with Crippen molar-refractivity contribution in [3.8, 4) is 0 Å². The molecule has 0 aliphatic heterocycles. The smallest absolute Gasteiger partial charge is 0.237 e. The first kappa shape index (κ1) is 11.9. The zero-order valence-electron chi connectivity index (χ0n) is 8.26. The number of nitrogens with two attached hydrogens (primary N) is 1. The summed E-state index contributed by atoms with van der Waals surface area (Å²) in [5, 5.41) is 5.03. The van der Waals surface area contributed by atoms with Gasteiger partial charge >= 0.3 is 0 Å². The average molecular weight is 187 g/mol.